The first-order valence-electron chi connectivity index (χ1n) is 15.9. The molecule has 0 saturated heterocycles. The van der Waals surface area contributed by atoms with Crippen molar-refractivity contribution in [3.05, 3.63) is 158 Å². The van der Waals surface area contributed by atoms with Crippen LogP contribution in [-0.2, 0) is 4.57 Å². The van der Waals surface area contributed by atoms with Gasteiger partial charge in [-0.15, -0.1) is 0 Å². The first-order valence-corrected chi connectivity index (χ1v) is 20.6. The lowest BCUT2D eigenvalue weighted by Gasteiger charge is -2.39. The summed E-state index contributed by atoms with van der Waals surface area (Å²) in [5, 5.41) is 10.1. The van der Waals surface area contributed by atoms with Crippen LogP contribution in [0.5, 0.6) is 0 Å². The molecule has 0 spiro atoms. The van der Waals surface area contributed by atoms with Crippen molar-refractivity contribution in [1.29, 1.82) is 0 Å². The van der Waals surface area contributed by atoms with E-state index in [0.717, 1.165) is 43.5 Å². The molecule has 0 bridgehead atoms. The van der Waals surface area contributed by atoms with Crippen molar-refractivity contribution < 1.29 is 4.57 Å². The van der Waals surface area contributed by atoms with Crippen molar-refractivity contribution in [3.8, 4) is 16.8 Å². The van der Waals surface area contributed by atoms with Gasteiger partial charge in [0.2, 0.25) is 0 Å². The van der Waals surface area contributed by atoms with E-state index in [0.29, 0.717) is 0 Å². The topological polar surface area (TPSA) is 22.0 Å². The van der Waals surface area contributed by atoms with Gasteiger partial charge in [0.25, 0.3) is 0 Å². The first-order chi connectivity index (χ1) is 22.5. The van der Waals surface area contributed by atoms with E-state index in [1.165, 1.54) is 32.2 Å². The van der Waals surface area contributed by atoms with Crippen molar-refractivity contribution in [2.24, 2.45) is 0 Å². The van der Waals surface area contributed by atoms with Gasteiger partial charge >= 0.3 is 0 Å². The van der Waals surface area contributed by atoms with Gasteiger partial charge in [0.1, 0.15) is 8.07 Å². The third kappa shape index (κ3) is 3.79. The third-order valence-electron chi connectivity index (χ3n) is 10.1. The number of nitrogens with zero attached hydrogens (tertiary/aromatic N) is 1. The van der Waals surface area contributed by atoms with Crippen molar-refractivity contribution in [2.75, 3.05) is 0 Å². The molecule has 0 radical (unpaired) electrons. The molecule has 1 aromatic heterocycles. The van der Waals surface area contributed by atoms with Crippen LogP contribution in [0.3, 0.4) is 0 Å². The van der Waals surface area contributed by atoms with Crippen LogP contribution < -0.4 is 26.3 Å². The molecule has 220 valence electrons. The summed E-state index contributed by atoms with van der Waals surface area (Å²) in [4.78, 5) is 0. The molecule has 7 aromatic carbocycles. The summed E-state index contributed by atoms with van der Waals surface area (Å²) in [6.45, 7) is 4.81. The summed E-state index contributed by atoms with van der Waals surface area (Å²) in [6.07, 6.45) is 0. The Morgan fingerprint density at radius 2 is 1.09 bits per heavy atom. The van der Waals surface area contributed by atoms with Gasteiger partial charge in [0.15, 0.2) is 7.14 Å². The summed E-state index contributed by atoms with van der Waals surface area (Å²) in [6, 6.07) is 56.0. The van der Waals surface area contributed by atoms with Gasteiger partial charge in [-0.3, -0.25) is 0 Å². The lowest BCUT2D eigenvalue weighted by molar-refractivity contribution is 0.592. The number of hydrogen-bond donors (Lipinski definition) is 0. The van der Waals surface area contributed by atoms with Crippen LogP contribution in [0.4, 0.5) is 0 Å². The van der Waals surface area contributed by atoms with Crippen LogP contribution in [0.15, 0.2) is 158 Å². The molecule has 0 amide bonds. The Hall–Kier alpha value is -4.95. The van der Waals surface area contributed by atoms with E-state index in [-0.39, 0.29) is 0 Å². The summed E-state index contributed by atoms with van der Waals surface area (Å²) >= 11 is 0. The molecule has 1 aliphatic rings. The second-order valence-corrected chi connectivity index (χ2v) is 19.9. The number of rotatable bonds is 3. The highest BCUT2D eigenvalue weighted by molar-refractivity contribution is 7.87. The quantitative estimate of drug-likeness (QED) is 0.143. The minimum absolute atomic E-state index is 0.933. The second kappa shape index (κ2) is 10.0. The molecule has 0 saturated carbocycles. The predicted octanol–water partition coefficient (Wildman–Crippen LogP) is 8.38. The van der Waals surface area contributed by atoms with Gasteiger partial charge in [0.05, 0.1) is 11.0 Å². The van der Waals surface area contributed by atoms with E-state index < -0.39 is 15.2 Å². The van der Waals surface area contributed by atoms with E-state index in [4.69, 9.17) is 0 Å². The number of aromatic nitrogens is 1. The second-order valence-electron chi connectivity index (χ2n) is 12.9. The van der Waals surface area contributed by atoms with Crippen molar-refractivity contribution in [3.63, 3.8) is 0 Å². The maximum atomic E-state index is 16.1. The van der Waals surface area contributed by atoms with E-state index in [1.807, 2.05) is 0 Å². The molecule has 1 atom stereocenters. The summed E-state index contributed by atoms with van der Waals surface area (Å²) in [5.41, 5.74) is 5.75. The van der Waals surface area contributed by atoms with Crippen LogP contribution in [0.25, 0.3) is 49.4 Å². The average molecular weight is 626 g/mol. The summed E-state index contributed by atoms with van der Waals surface area (Å²) < 4.78 is 18.5. The SMILES string of the molecule is C[Si]1(C)c2ccccc2P(=O)(c2cccc3ccccc23)c2cc(-c3ccc4c(c3)c3ccccc3n4-c3ccccc3)ccc21. The molecule has 46 heavy (non-hydrogen) atoms. The van der Waals surface area contributed by atoms with Gasteiger partial charge < -0.3 is 9.13 Å². The number of fused-ring (bicyclic) bond motifs is 6. The molecule has 1 unspecified atom stereocenters. The van der Waals surface area contributed by atoms with Gasteiger partial charge in [-0.1, -0.05) is 134 Å². The molecular weight excluding hydrogens is 594 g/mol. The van der Waals surface area contributed by atoms with Gasteiger partial charge in [-0.25, -0.2) is 0 Å². The first kappa shape index (κ1) is 27.4. The molecule has 2 nitrogen and oxygen atoms in total. The van der Waals surface area contributed by atoms with Crippen molar-refractivity contribution >= 4 is 74.1 Å². The zero-order valence-corrected chi connectivity index (χ0v) is 27.7. The molecule has 2 heterocycles. The van der Waals surface area contributed by atoms with E-state index in [2.05, 4.69) is 175 Å². The predicted molar refractivity (Wildman–Crippen MR) is 200 cm³/mol. The van der Waals surface area contributed by atoms with Gasteiger partial charge in [0, 0.05) is 32.4 Å². The Morgan fingerprint density at radius 1 is 0.478 bits per heavy atom. The van der Waals surface area contributed by atoms with E-state index >= 15 is 4.57 Å². The molecule has 0 fully saturated rings. The van der Waals surface area contributed by atoms with E-state index in [1.54, 1.807) is 0 Å². The summed E-state index contributed by atoms with van der Waals surface area (Å²) in [5.74, 6) is 0. The molecular formula is C42H32NOPSi. The van der Waals surface area contributed by atoms with E-state index in [9.17, 15) is 0 Å². The maximum absolute atomic E-state index is 16.1. The highest BCUT2D eigenvalue weighted by Gasteiger charge is 2.46. The van der Waals surface area contributed by atoms with Crippen LogP contribution in [0, 0.1) is 0 Å². The monoisotopic (exact) mass is 625 g/mol. The molecule has 0 N–H and O–H groups in total. The van der Waals surface area contributed by atoms with Crippen LogP contribution in [-0.4, -0.2) is 12.6 Å². The zero-order chi connectivity index (χ0) is 31.0. The van der Waals surface area contributed by atoms with Crippen molar-refractivity contribution in [2.45, 2.75) is 13.1 Å². The van der Waals surface area contributed by atoms with Gasteiger partial charge in [-0.05, 0) is 68.7 Å². The Kier molecular flexibility index (Phi) is 5.96. The molecule has 9 rings (SSSR count). The molecule has 0 aliphatic carbocycles. The number of hydrogen-bond acceptors (Lipinski definition) is 1. The lowest BCUT2D eigenvalue weighted by atomic mass is 10.0. The van der Waals surface area contributed by atoms with Gasteiger partial charge in [-0.2, -0.15) is 0 Å². The highest BCUT2D eigenvalue weighted by atomic mass is 31.2. The summed E-state index contributed by atoms with van der Waals surface area (Å²) in [7, 11) is -5.35. The molecule has 1 aliphatic heterocycles. The van der Waals surface area contributed by atoms with Crippen molar-refractivity contribution in [1.82, 2.24) is 4.57 Å². The highest BCUT2D eigenvalue weighted by Crippen LogP contribution is 2.47. The Balaban J connectivity index is 1.31. The Bertz CT molecular complexity index is 2540. The minimum Gasteiger partial charge on any atom is -0.309 e. The fraction of sp³-hybridized carbons (Fsp3) is 0.0476. The smallest absolute Gasteiger partial charge is 0.171 e. The Morgan fingerprint density at radius 3 is 1.96 bits per heavy atom. The average Bonchev–Trinajstić information content (AvgIpc) is 3.44. The minimum atomic E-state index is -3.21. The standard InChI is InChI=1S/C42H32NOPSi/c1-46(2)41-22-11-10-20-39(41)45(44,38-21-12-14-29-13-6-7-17-33(29)38)40-28-31(24-26-42(40)46)30-23-25-37-35(27-30)34-18-8-9-19-36(34)43(37)32-15-4-3-5-16-32/h3-28H,1-2H3. The fourth-order valence-corrected chi connectivity index (χ4v) is 16.2. The maximum Gasteiger partial charge on any atom is 0.171 e. The lowest BCUT2D eigenvalue weighted by Crippen LogP contribution is -2.67. The molecule has 8 aromatic rings. The number of benzene rings is 7. The molecule has 4 heteroatoms. The largest absolute Gasteiger partial charge is 0.309 e. The zero-order valence-electron chi connectivity index (χ0n) is 25.8. The number of para-hydroxylation sites is 2. The fourth-order valence-electron chi connectivity index (χ4n) is 7.80. The third-order valence-corrected chi connectivity index (χ3v) is 17.2. The van der Waals surface area contributed by atoms with Crippen LogP contribution in [0.2, 0.25) is 13.1 Å². The van der Waals surface area contributed by atoms with Crippen LogP contribution >= 0.6 is 7.14 Å². The van der Waals surface area contributed by atoms with Crippen LogP contribution in [0.1, 0.15) is 0 Å². The Labute approximate surface area is 270 Å². The normalized spacial score (nSPS) is 16.8.